The minimum Gasteiger partial charge on any atom is -0.469 e. The molecule has 0 aromatic rings. The molecule has 0 aromatic heterocycles. The molecule has 22 heavy (non-hydrogen) atoms. The van der Waals surface area contributed by atoms with Crippen LogP contribution < -0.4 is 0 Å². The van der Waals surface area contributed by atoms with Crippen molar-refractivity contribution in [3.05, 3.63) is 12.3 Å². The molecule has 0 radical (unpaired) electrons. The molecule has 0 bridgehead atoms. The molecule has 0 spiro atoms. The van der Waals surface area contributed by atoms with Crippen LogP contribution in [0, 0.1) is 0 Å². The third kappa shape index (κ3) is 4.84. The van der Waals surface area contributed by atoms with E-state index in [1.54, 1.807) is 6.08 Å². The van der Waals surface area contributed by atoms with Crippen molar-refractivity contribution < 1.29 is 28.2 Å². The van der Waals surface area contributed by atoms with E-state index >= 15 is 0 Å². The predicted octanol–water partition coefficient (Wildman–Crippen LogP) is 2.74. The molecule has 1 aliphatic heterocycles. The normalized spacial score (nSPS) is 25.3. The SMILES string of the molecule is CC(=O)OC1C=COC(O[Si](C)(C)C(C)(C)C)C1OC(C)=O. The van der Waals surface area contributed by atoms with Crippen LogP contribution in [0.1, 0.15) is 34.6 Å². The fourth-order valence-electron chi connectivity index (χ4n) is 1.72. The smallest absolute Gasteiger partial charge is 0.303 e. The van der Waals surface area contributed by atoms with Crippen LogP contribution in [0.5, 0.6) is 0 Å². The van der Waals surface area contributed by atoms with E-state index in [0.717, 1.165) is 0 Å². The first-order valence-corrected chi connectivity index (χ1v) is 10.2. The van der Waals surface area contributed by atoms with E-state index < -0.39 is 38.8 Å². The Morgan fingerprint density at radius 1 is 1.09 bits per heavy atom. The van der Waals surface area contributed by atoms with Crippen molar-refractivity contribution in [1.29, 1.82) is 0 Å². The number of carbonyl (C=O) groups is 2. The number of hydrogen-bond donors (Lipinski definition) is 0. The van der Waals surface area contributed by atoms with Gasteiger partial charge in [0.05, 0.1) is 6.26 Å². The maximum atomic E-state index is 11.4. The maximum absolute atomic E-state index is 11.4. The molecule has 0 saturated carbocycles. The summed E-state index contributed by atoms with van der Waals surface area (Å²) in [6.07, 6.45) is 0.635. The summed E-state index contributed by atoms with van der Waals surface area (Å²) in [6, 6.07) is 0. The molecular weight excluding hydrogens is 304 g/mol. The van der Waals surface area contributed by atoms with Crippen LogP contribution >= 0.6 is 0 Å². The highest BCUT2D eigenvalue weighted by Crippen LogP contribution is 2.38. The molecule has 0 aliphatic carbocycles. The zero-order chi connectivity index (χ0) is 17.1. The summed E-state index contributed by atoms with van der Waals surface area (Å²) in [5.74, 6) is -0.940. The molecule has 3 atom stereocenters. The monoisotopic (exact) mass is 330 g/mol. The molecule has 0 fully saturated rings. The van der Waals surface area contributed by atoms with E-state index in [9.17, 15) is 9.59 Å². The lowest BCUT2D eigenvalue weighted by molar-refractivity contribution is -0.198. The Morgan fingerprint density at radius 3 is 2.09 bits per heavy atom. The van der Waals surface area contributed by atoms with Crippen LogP contribution in [0.4, 0.5) is 0 Å². The molecule has 0 aromatic carbocycles. The first kappa shape index (κ1) is 18.7. The van der Waals surface area contributed by atoms with Gasteiger partial charge in [-0.2, -0.15) is 0 Å². The maximum Gasteiger partial charge on any atom is 0.303 e. The van der Waals surface area contributed by atoms with Crippen LogP contribution in [0.3, 0.4) is 0 Å². The number of carbonyl (C=O) groups excluding carboxylic acids is 2. The van der Waals surface area contributed by atoms with E-state index in [1.165, 1.54) is 20.1 Å². The summed E-state index contributed by atoms with van der Waals surface area (Å²) >= 11 is 0. The number of hydrogen-bond acceptors (Lipinski definition) is 6. The zero-order valence-electron chi connectivity index (χ0n) is 14.3. The van der Waals surface area contributed by atoms with Crippen molar-refractivity contribution in [3.63, 3.8) is 0 Å². The molecule has 1 rings (SSSR count). The molecule has 1 heterocycles. The molecule has 7 heteroatoms. The number of ether oxygens (including phenoxy) is 3. The molecule has 6 nitrogen and oxygen atoms in total. The zero-order valence-corrected chi connectivity index (χ0v) is 15.3. The molecule has 0 N–H and O–H groups in total. The van der Waals surface area contributed by atoms with Gasteiger partial charge in [-0.1, -0.05) is 20.8 Å². The minimum atomic E-state index is -2.15. The number of esters is 2. The summed E-state index contributed by atoms with van der Waals surface area (Å²) in [5, 5.41) is -0.0325. The van der Waals surface area contributed by atoms with E-state index in [2.05, 4.69) is 33.9 Å². The van der Waals surface area contributed by atoms with Crippen LogP contribution in [0.2, 0.25) is 18.1 Å². The van der Waals surface area contributed by atoms with E-state index in [4.69, 9.17) is 18.6 Å². The van der Waals surface area contributed by atoms with Gasteiger partial charge in [0.25, 0.3) is 0 Å². The van der Waals surface area contributed by atoms with Gasteiger partial charge >= 0.3 is 11.9 Å². The molecular formula is C15H26O6Si. The standard InChI is InChI=1S/C15H26O6Si/c1-10(16)19-12-8-9-18-14(13(12)20-11(2)17)21-22(6,7)15(3,4)5/h8-9,12-14H,1-7H3. The summed E-state index contributed by atoms with van der Waals surface area (Å²) in [6.45, 7) is 13.0. The van der Waals surface area contributed by atoms with Gasteiger partial charge in [-0.15, -0.1) is 0 Å². The largest absolute Gasteiger partial charge is 0.469 e. The Balaban J connectivity index is 2.98. The lowest BCUT2D eigenvalue weighted by atomic mass is 10.1. The van der Waals surface area contributed by atoms with Gasteiger partial charge in [0.2, 0.25) is 12.4 Å². The summed E-state index contributed by atoms with van der Waals surface area (Å²) in [5.41, 5.74) is 0. The van der Waals surface area contributed by atoms with Crippen molar-refractivity contribution >= 4 is 20.3 Å². The van der Waals surface area contributed by atoms with Crippen LogP contribution in [0.25, 0.3) is 0 Å². The Kier molecular flexibility index (Phi) is 5.80. The lowest BCUT2D eigenvalue weighted by Gasteiger charge is -2.42. The Hall–Kier alpha value is -1.34. The highest BCUT2D eigenvalue weighted by atomic mass is 28.4. The minimum absolute atomic E-state index is 0.0325. The first-order chi connectivity index (χ1) is 9.94. The van der Waals surface area contributed by atoms with Gasteiger partial charge in [-0.25, -0.2) is 0 Å². The molecule has 0 amide bonds. The average molecular weight is 330 g/mol. The number of rotatable bonds is 4. The Morgan fingerprint density at radius 2 is 1.64 bits per heavy atom. The second kappa shape index (κ2) is 6.83. The quantitative estimate of drug-likeness (QED) is 0.583. The molecule has 0 saturated heterocycles. The highest BCUT2D eigenvalue weighted by Gasteiger charge is 2.45. The van der Waals surface area contributed by atoms with E-state index in [1.807, 2.05) is 0 Å². The van der Waals surface area contributed by atoms with Gasteiger partial charge in [0.15, 0.2) is 14.4 Å². The van der Waals surface area contributed by atoms with Crippen molar-refractivity contribution in [3.8, 4) is 0 Å². The fourth-order valence-corrected chi connectivity index (χ4v) is 2.84. The average Bonchev–Trinajstić information content (AvgIpc) is 2.30. The Labute approximate surface area is 132 Å². The fraction of sp³-hybridized carbons (Fsp3) is 0.733. The van der Waals surface area contributed by atoms with Gasteiger partial charge in [-0.05, 0) is 24.2 Å². The highest BCUT2D eigenvalue weighted by molar-refractivity contribution is 6.74. The van der Waals surface area contributed by atoms with E-state index in [0.29, 0.717) is 0 Å². The third-order valence-corrected chi connectivity index (χ3v) is 8.33. The van der Waals surface area contributed by atoms with Crippen LogP contribution in [0.15, 0.2) is 12.3 Å². The molecule has 126 valence electrons. The van der Waals surface area contributed by atoms with Crippen molar-refractivity contribution in [2.45, 2.75) is 71.2 Å². The first-order valence-electron chi connectivity index (χ1n) is 7.28. The van der Waals surface area contributed by atoms with E-state index in [-0.39, 0.29) is 5.04 Å². The Bertz CT molecular complexity index is 451. The van der Waals surface area contributed by atoms with Crippen molar-refractivity contribution in [2.24, 2.45) is 0 Å². The topological polar surface area (TPSA) is 71.1 Å². The van der Waals surface area contributed by atoms with Gasteiger partial charge in [0, 0.05) is 13.8 Å². The van der Waals surface area contributed by atoms with Gasteiger partial charge in [-0.3, -0.25) is 9.59 Å². The van der Waals surface area contributed by atoms with Crippen molar-refractivity contribution in [1.82, 2.24) is 0 Å². The summed E-state index contributed by atoms with van der Waals surface area (Å²) in [4.78, 5) is 22.6. The predicted molar refractivity (Wildman–Crippen MR) is 83.4 cm³/mol. The summed E-state index contributed by atoms with van der Waals surface area (Å²) in [7, 11) is -2.15. The third-order valence-electron chi connectivity index (χ3n) is 3.89. The van der Waals surface area contributed by atoms with Gasteiger partial charge in [0.1, 0.15) is 0 Å². The van der Waals surface area contributed by atoms with Gasteiger partial charge < -0.3 is 18.6 Å². The van der Waals surface area contributed by atoms with Crippen LogP contribution in [-0.4, -0.2) is 38.8 Å². The second-order valence-electron chi connectivity index (χ2n) is 6.86. The summed E-state index contributed by atoms with van der Waals surface area (Å²) < 4.78 is 22.1. The lowest BCUT2D eigenvalue weighted by Crippen LogP contribution is -2.53. The molecule has 1 aliphatic rings. The van der Waals surface area contributed by atoms with Crippen LogP contribution in [-0.2, 0) is 28.2 Å². The second-order valence-corrected chi connectivity index (χ2v) is 11.6. The molecule has 3 unspecified atom stereocenters. The van der Waals surface area contributed by atoms with Crippen molar-refractivity contribution in [2.75, 3.05) is 0 Å².